The van der Waals surface area contributed by atoms with Gasteiger partial charge >= 0.3 is 5.97 Å². The lowest BCUT2D eigenvalue weighted by molar-refractivity contribution is -0.143. The number of carbonyl (C=O) groups excluding carboxylic acids is 1. The summed E-state index contributed by atoms with van der Waals surface area (Å²) in [6.07, 6.45) is -0.609. The van der Waals surface area contributed by atoms with Crippen molar-refractivity contribution < 1.29 is 32.6 Å². The number of carboxylic acid groups (broad SMARTS) is 1. The Labute approximate surface area is 166 Å². The second kappa shape index (κ2) is 8.48. The Hall–Kier alpha value is -3.14. The first kappa shape index (κ1) is 20.6. The number of rotatable bonds is 7. The Morgan fingerprint density at radius 3 is 2.52 bits per heavy atom. The molecule has 6 nitrogen and oxygen atoms in total. The quantitative estimate of drug-likeness (QED) is 0.560. The standard InChI is InChI=1S/C19H15F3N2O4S/c1-28-11-4-2-10(3-5-11)23-14(25)6-9(19(26)27)7-15-24-17-16(22)12(20)8-13(21)18(17)29-15/h2-5,8-9H,6-7H2,1H3,(H,23,25)(H,26,27). The summed E-state index contributed by atoms with van der Waals surface area (Å²) < 4.78 is 45.8. The summed E-state index contributed by atoms with van der Waals surface area (Å²) in [5, 5.41) is 12.1. The fourth-order valence-electron chi connectivity index (χ4n) is 2.68. The predicted molar refractivity (Wildman–Crippen MR) is 101 cm³/mol. The van der Waals surface area contributed by atoms with Gasteiger partial charge in [0.25, 0.3) is 0 Å². The van der Waals surface area contributed by atoms with E-state index < -0.39 is 40.8 Å². The smallest absolute Gasteiger partial charge is 0.307 e. The van der Waals surface area contributed by atoms with Crippen molar-refractivity contribution in [3.05, 3.63) is 52.8 Å². The molecule has 29 heavy (non-hydrogen) atoms. The Morgan fingerprint density at radius 1 is 1.21 bits per heavy atom. The number of aromatic nitrogens is 1. The van der Waals surface area contributed by atoms with Crippen LogP contribution in [0.3, 0.4) is 0 Å². The highest BCUT2D eigenvalue weighted by molar-refractivity contribution is 7.18. The van der Waals surface area contributed by atoms with Crippen molar-refractivity contribution in [1.29, 1.82) is 0 Å². The molecule has 1 atom stereocenters. The van der Waals surface area contributed by atoms with E-state index in [2.05, 4.69) is 10.3 Å². The van der Waals surface area contributed by atoms with Gasteiger partial charge in [0.15, 0.2) is 11.6 Å². The number of carboxylic acids is 1. The van der Waals surface area contributed by atoms with Crippen LogP contribution in [0.4, 0.5) is 18.9 Å². The third-order valence-corrected chi connectivity index (χ3v) is 5.22. The first-order valence-corrected chi connectivity index (χ1v) is 9.19. The third kappa shape index (κ3) is 4.65. The average Bonchev–Trinajstić information content (AvgIpc) is 3.11. The molecule has 1 aromatic heterocycles. The summed E-state index contributed by atoms with van der Waals surface area (Å²) in [6.45, 7) is 0. The van der Waals surface area contributed by atoms with E-state index in [9.17, 15) is 27.9 Å². The fraction of sp³-hybridized carbons (Fsp3) is 0.211. The van der Waals surface area contributed by atoms with Crippen LogP contribution in [-0.2, 0) is 16.0 Å². The van der Waals surface area contributed by atoms with Crippen LogP contribution < -0.4 is 10.1 Å². The van der Waals surface area contributed by atoms with E-state index in [0.717, 1.165) is 11.3 Å². The monoisotopic (exact) mass is 424 g/mol. The molecule has 1 amide bonds. The van der Waals surface area contributed by atoms with Crippen LogP contribution in [0.15, 0.2) is 30.3 Å². The lowest BCUT2D eigenvalue weighted by atomic mass is 10.0. The number of methoxy groups -OCH3 is 1. The van der Waals surface area contributed by atoms with Gasteiger partial charge in [-0.2, -0.15) is 0 Å². The van der Waals surface area contributed by atoms with Gasteiger partial charge in [-0.25, -0.2) is 18.2 Å². The van der Waals surface area contributed by atoms with E-state index in [1.54, 1.807) is 24.3 Å². The molecule has 0 bridgehead atoms. The minimum atomic E-state index is -1.37. The number of carbonyl (C=O) groups is 2. The highest BCUT2D eigenvalue weighted by Gasteiger charge is 2.25. The maximum absolute atomic E-state index is 13.8. The van der Waals surface area contributed by atoms with E-state index in [4.69, 9.17) is 4.74 Å². The number of aliphatic carboxylic acids is 1. The van der Waals surface area contributed by atoms with Gasteiger partial charge in [0.05, 0.1) is 22.7 Å². The first-order chi connectivity index (χ1) is 13.8. The van der Waals surface area contributed by atoms with Crippen molar-refractivity contribution in [3.63, 3.8) is 0 Å². The maximum atomic E-state index is 13.8. The second-order valence-corrected chi connectivity index (χ2v) is 7.24. The molecular formula is C19H15F3N2O4S. The minimum Gasteiger partial charge on any atom is -0.497 e. The van der Waals surface area contributed by atoms with Crippen LogP contribution in [0.1, 0.15) is 11.4 Å². The number of amides is 1. The SMILES string of the molecule is COc1ccc(NC(=O)CC(Cc2nc3c(F)c(F)cc(F)c3s2)C(=O)O)cc1. The van der Waals surface area contributed by atoms with E-state index in [0.29, 0.717) is 17.5 Å². The fourth-order valence-corrected chi connectivity index (χ4v) is 3.73. The maximum Gasteiger partial charge on any atom is 0.307 e. The number of halogens is 3. The summed E-state index contributed by atoms with van der Waals surface area (Å²) in [6, 6.07) is 6.87. The van der Waals surface area contributed by atoms with E-state index >= 15 is 0 Å². The van der Waals surface area contributed by atoms with Crippen LogP contribution in [-0.4, -0.2) is 29.1 Å². The number of ether oxygens (including phenoxy) is 1. The molecule has 2 aromatic carbocycles. The van der Waals surface area contributed by atoms with Crippen molar-refractivity contribution in [2.75, 3.05) is 12.4 Å². The molecule has 1 heterocycles. The van der Waals surface area contributed by atoms with Gasteiger partial charge in [0, 0.05) is 24.6 Å². The summed E-state index contributed by atoms with van der Waals surface area (Å²) in [5.41, 5.74) is -0.0335. The topological polar surface area (TPSA) is 88.5 Å². The number of hydrogen-bond donors (Lipinski definition) is 2. The molecule has 1 unspecified atom stereocenters. The van der Waals surface area contributed by atoms with Crippen molar-refractivity contribution in [1.82, 2.24) is 4.98 Å². The number of hydrogen-bond acceptors (Lipinski definition) is 5. The molecule has 10 heteroatoms. The zero-order chi connectivity index (χ0) is 21.1. The van der Waals surface area contributed by atoms with Crippen molar-refractivity contribution in [3.8, 4) is 5.75 Å². The van der Waals surface area contributed by atoms with Gasteiger partial charge in [-0.15, -0.1) is 11.3 Å². The molecule has 0 saturated heterocycles. The minimum absolute atomic E-state index is 0.0908. The van der Waals surface area contributed by atoms with Gasteiger partial charge in [-0.3, -0.25) is 9.59 Å². The van der Waals surface area contributed by atoms with Crippen LogP contribution in [0.5, 0.6) is 5.75 Å². The van der Waals surface area contributed by atoms with Crippen LogP contribution in [0, 0.1) is 23.4 Å². The second-order valence-electron chi connectivity index (χ2n) is 6.16. The number of anilines is 1. The predicted octanol–water partition coefficient (Wildman–Crippen LogP) is 3.99. The Kier molecular flexibility index (Phi) is 6.02. The first-order valence-electron chi connectivity index (χ1n) is 8.38. The highest BCUT2D eigenvalue weighted by atomic mass is 32.1. The van der Waals surface area contributed by atoms with Crippen molar-refractivity contribution in [2.45, 2.75) is 12.8 Å². The molecule has 0 aliphatic carbocycles. The summed E-state index contributed by atoms with van der Waals surface area (Å²) in [5.74, 6) is -6.04. The number of nitrogens with one attached hydrogen (secondary N) is 1. The van der Waals surface area contributed by atoms with Crippen molar-refractivity contribution in [2.24, 2.45) is 5.92 Å². The Morgan fingerprint density at radius 2 is 1.90 bits per heavy atom. The molecule has 0 fully saturated rings. The zero-order valence-electron chi connectivity index (χ0n) is 15.0. The normalized spacial score (nSPS) is 12.0. The summed E-state index contributed by atoms with van der Waals surface area (Å²) >= 11 is 0.726. The summed E-state index contributed by atoms with van der Waals surface area (Å²) in [7, 11) is 1.50. The van der Waals surface area contributed by atoms with Crippen molar-refractivity contribution >= 4 is 39.1 Å². The molecule has 2 N–H and O–H groups in total. The van der Waals surface area contributed by atoms with Gasteiger partial charge in [0.2, 0.25) is 5.91 Å². The number of thiazole rings is 1. The largest absolute Gasteiger partial charge is 0.497 e. The van der Waals surface area contributed by atoms with E-state index in [1.165, 1.54) is 7.11 Å². The zero-order valence-corrected chi connectivity index (χ0v) is 15.9. The molecular weight excluding hydrogens is 409 g/mol. The molecule has 3 aromatic rings. The molecule has 0 saturated carbocycles. The number of benzene rings is 2. The van der Waals surface area contributed by atoms with Gasteiger partial charge in [0.1, 0.15) is 17.1 Å². The Balaban J connectivity index is 1.74. The number of nitrogens with zero attached hydrogens (tertiary/aromatic N) is 1. The lowest BCUT2D eigenvalue weighted by Crippen LogP contribution is -2.24. The Bertz CT molecular complexity index is 1070. The van der Waals surface area contributed by atoms with Crippen LogP contribution >= 0.6 is 11.3 Å². The third-order valence-electron chi connectivity index (χ3n) is 4.14. The van der Waals surface area contributed by atoms with E-state index in [1.807, 2.05) is 0 Å². The van der Waals surface area contributed by atoms with Crippen LogP contribution in [0.2, 0.25) is 0 Å². The molecule has 152 valence electrons. The molecule has 0 aliphatic rings. The lowest BCUT2D eigenvalue weighted by Gasteiger charge is -2.11. The molecule has 0 radical (unpaired) electrons. The average molecular weight is 424 g/mol. The van der Waals surface area contributed by atoms with Gasteiger partial charge < -0.3 is 15.2 Å². The highest BCUT2D eigenvalue weighted by Crippen LogP contribution is 2.30. The molecule has 0 spiro atoms. The number of fused-ring (bicyclic) bond motifs is 1. The summed E-state index contributed by atoms with van der Waals surface area (Å²) in [4.78, 5) is 27.6. The molecule has 0 aliphatic heterocycles. The van der Waals surface area contributed by atoms with Gasteiger partial charge in [-0.05, 0) is 24.3 Å². The van der Waals surface area contributed by atoms with Crippen LogP contribution in [0.25, 0.3) is 10.2 Å². The van der Waals surface area contributed by atoms with Gasteiger partial charge in [-0.1, -0.05) is 0 Å². The molecule has 3 rings (SSSR count). The van der Waals surface area contributed by atoms with E-state index in [-0.39, 0.29) is 22.5 Å².